The van der Waals surface area contributed by atoms with Gasteiger partial charge in [-0.25, -0.2) is 0 Å². The first-order valence-corrected chi connectivity index (χ1v) is 7.93. The molecule has 0 unspecified atom stereocenters. The topological polar surface area (TPSA) is 38.8 Å². The minimum atomic E-state index is -0.233. The largest absolute Gasteiger partial charge is 0.493 e. The van der Waals surface area contributed by atoms with Gasteiger partial charge in [-0.1, -0.05) is 44.2 Å². The van der Waals surface area contributed by atoms with Crippen LogP contribution < -0.4 is 14.4 Å². The Balaban J connectivity index is 2.18. The number of hydrogen-bond acceptors (Lipinski definition) is 3. The van der Waals surface area contributed by atoms with Gasteiger partial charge in [-0.15, -0.1) is 0 Å². The van der Waals surface area contributed by atoms with Crippen molar-refractivity contribution in [3.8, 4) is 11.5 Å². The maximum absolute atomic E-state index is 12.7. The first kappa shape index (κ1) is 17.9. The first-order chi connectivity index (χ1) is 11.4. The van der Waals surface area contributed by atoms with Gasteiger partial charge in [0.25, 0.3) is 0 Å². The Kier molecular flexibility index (Phi) is 5.50. The monoisotopic (exact) mass is 327 g/mol. The van der Waals surface area contributed by atoms with Crippen LogP contribution in [0.25, 0.3) is 0 Å². The summed E-state index contributed by atoms with van der Waals surface area (Å²) in [6, 6.07) is 15.6. The van der Waals surface area contributed by atoms with Crippen LogP contribution in [0.15, 0.2) is 48.5 Å². The molecule has 0 aliphatic heterocycles. The molecule has 0 aliphatic carbocycles. The number of carbonyl (C=O) groups is 1. The third kappa shape index (κ3) is 3.88. The summed E-state index contributed by atoms with van der Waals surface area (Å²) in [5.41, 5.74) is 1.70. The van der Waals surface area contributed by atoms with E-state index in [9.17, 15) is 4.79 Å². The molecule has 0 bridgehead atoms. The molecule has 4 nitrogen and oxygen atoms in total. The van der Waals surface area contributed by atoms with Gasteiger partial charge in [0.2, 0.25) is 5.91 Å². The van der Waals surface area contributed by atoms with Crippen molar-refractivity contribution < 1.29 is 14.3 Å². The van der Waals surface area contributed by atoms with Crippen molar-refractivity contribution in [2.45, 2.75) is 25.7 Å². The van der Waals surface area contributed by atoms with Crippen LogP contribution in [0.3, 0.4) is 0 Å². The summed E-state index contributed by atoms with van der Waals surface area (Å²) in [4.78, 5) is 14.4. The number of methoxy groups -OCH3 is 2. The molecular formula is C20H25NO3. The number of amides is 1. The molecule has 0 atom stereocenters. The fourth-order valence-corrected chi connectivity index (χ4v) is 2.67. The van der Waals surface area contributed by atoms with Gasteiger partial charge in [-0.05, 0) is 23.1 Å². The number of hydrogen-bond donors (Lipinski definition) is 0. The SMILES string of the molecule is COc1ccc(N(C)C(=O)CC(C)(C)c2ccccc2)cc1OC. The number of nitrogens with zero attached hydrogens (tertiary/aromatic N) is 1. The Bertz CT molecular complexity index is 695. The molecule has 0 aromatic heterocycles. The lowest BCUT2D eigenvalue weighted by molar-refractivity contribution is -0.119. The molecule has 1 amide bonds. The van der Waals surface area contributed by atoms with Crippen LogP contribution in [-0.4, -0.2) is 27.2 Å². The molecule has 2 aromatic carbocycles. The van der Waals surface area contributed by atoms with Crippen LogP contribution >= 0.6 is 0 Å². The van der Waals surface area contributed by atoms with Crippen molar-refractivity contribution in [2.75, 3.05) is 26.2 Å². The van der Waals surface area contributed by atoms with Gasteiger partial charge in [0.05, 0.1) is 14.2 Å². The normalized spacial score (nSPS) is 11.0. The van der Waals surface area contributed by atoms with E-state index in [-0.39, 0.29) is 11.3 Å². The molecule has 128 valence electrons. The number of benzene rings is 2. The van der Waals surface area contributed by atoms with Crippen LogP contribution in [0.1, 0.15) is 25.8 Å². The highest BCUT2D eigenvalue weighted by atomic mass is 16.5. The van der Waals surface area contributed by atoms with Crippen molar-refractivity contribution in [1.82, 2.24) is 0 Å². The van der Waals surface area contributed by atoms with Crippen LogP contribution in [0.2, 0.25) is 0 Å². The second-order valence-electron chi connectivity index (χ2n) is 6.42. The van der Waals surface area contributed by atoms with E-state index in [4.69, 9.17) is 9.47 Å². The zero-order chi connectivity index (χ0) is 17.7. The van der Waals surface area contributed by atoms with E-state index in [0.29, 0.717) is 17.9 Å². The standard InChI is InChI=1S/C20H25NO3/c1-20(2,15-9-7-6-8-10-15)14-19(22)21(3)16-11-12-17(23-4)18(13-16)24-5/h6-13H,14H2,1-5H3. The zero-order valence-corrected chi connectivity index (χ0v) is 15.0. The lowest BCUT2D eigenvalue weighted by atomic mass is 9.81. The van der Waals surface area contributed by atoms with Crippen LogP contribution in [-0.2, 0) is 10.2 Å². The van der Waals surface area contributed by atoms with E-state index in [0.717, 1.165) is 11.3 Å². The van der Waals surface area contributed by atoms with Crippen molar-refractivity contribution in [3.63, 3.8) is 0 Å². The molecule has 0 saturated carbocycles. The van der Waals surface area contributed by atoms with E-state index in [2.05, 4.69) is 26.0 Å². The lowest BCUT2D eigenvalue weighted by Crippen LogP contribution is -2.32. The molecule has 2 rings (SSSR count). The Morgan fingerprint density at radius 1 is 1.00 bits per heavy atom. The average molecular weight is 327 g/mol. The number of carbonyl (C=O) groups excluding carboxylic acids is 1. The summed E-state index contributed by atoms with van der Waals surface area (Å²) in [6.07, 6.45) is 0.419. The molecule has 24 heavy (non-hydrogen) atoms. The van der Waals surface area contributed by atoms with Gasteiger partial charge in [0.1, 0.15) is 0 Å². The van der Waals surface area contributed by atoms with Gasteiger partial charge in [-0.2, -0.15) is 0 Å². The van der Waals surface area contributed by atoms with Gasteiger partial charge >= 0.3 is 0 Å². The number of anilines is 1. The predicted molar refractivity (Wildman–Crippen MR) is 97.0 cm³/mol. The van der Waals surface area contributed by atoms with Crippen LogP contribution in [0.5, 0.6) is 11.5 Å². The lowest BCUT2D eigenvalue weighted by Gasteiger charge is -2.28. The fourth-order valence-electron chi connectivity index (χ4n) is 2.67. The Morgan fingerprint density at radius 3 is 2.21 bits per heavy atom. The molecule has 4 heteroatoms. The Labute approximate surface area is 144 Å². The smallest absolute Gasteiger partial charge is 0.227 e. The third-order valence-electron chi connectivity index (χ3n) is 4.28. The van der Waals surface area contributed by atoms with E-state index in [1.54, 1.807) is 32.2 Å². The van der Waals surface area contributed by atoms with Gasteiger partial charge in [0.15, 0.2) is 11.5 Å². The highest BCUT2D eigenvalue weighted by Gasteiger charge is 2.26. The predicted octanol–water partition coefficient (Wildman–Crippen LogP) is 4.03. The van der Waals surface area contributed by atoms with E-state index in [1.807, 2.05) is 30.3 Å². The molecule has 0 spiro atoms. The fraction of sp³-hybridized carbons (Fsp3) is 0.350. The summed E-state index contributed by atoms with van der Waals surface area (Å²) in [6.45, 7) is 4.17. The van der Waals surface area contributed by atoms with Crippen LogP contribution in [0.4, 0.5) is 5.69 Å². The van der Waals surface area contributed by atoms with E-state index < -0.39 is 0 Å². The highest BCUT2D eigenvalue weighted by molar-refractivity contribution is 5.94. The summed E-state index contributed by atoms with van der Waals surface area (Å²) in [7, 11) is 4.96. The molecular weight excluding hydrogens is 302 g/mol. The minimum absolute atomic E-state index is 0.0519. The maximum Gasteiger partial charge on any atom is 0.227 e. The van der Waals surface area contributed by atoms with Crippen molar-refractivity contribution in [1.29, 1.82) is 0 Å². The molecule has 0 fully saturated rings. The molecule has 0 N–H and O–H groups in total. The van der Waals surface area contributed by atoms with Gasteiger partial charge in [0, 0.05) is 25.2 Å². The molecule has 2 aromatic rings. The minimum Gasteiger partial charge on any atom is -0.493 e. The molecule has 0 aliphatic rings. The second kappa shape index (κ2) is 7.39. The van der Waals surface area contributed by atoms with E-state index in [1.165, 1.54) is 0 Å². The summed E-state index contributed by atoms with van der Waals surface area (Å²) >= 11 is 0. The summed E-state index contributed by atoms with van der Waals surface area (Å²) < 4.78 is 10.6. The molecule has 0 radical (unpaired) electrons. The Hall–Kier alpha value is -2.49. The quantitative estimate of drug-likeness (QED) is 0.804. The number of ether oxygens (including phenoxy) is 2. The maximum atomic E-state index is 12.7. The van der Waals surface area contributed by atoms with Gasteiger partial charge < -0.3 is 14.4 Å². The van der Waals surface area contributed by atoms with E-state index >= 15 is 0 Å². The van der Waals surface area contributed by atoms with Crippen molar-refractivity contribution >= 4 is 11.6 Å². The average Bonchev–Trinajstić information content (AvgIpc) is 2.60. The summed E-state index contributed by atoms with van der Waals surface area (Å²) in [5.74, 6) is 1.31. The first-order valence-electron chi connectivity index (χ1n) is 7.93. The van der Waals surface area contributed by atoms with Crippen molar-refractivity contribution in [3.05, 3.63) is 54.1 Å². The molecule has 0 saturated heterocycles. The van der Waals surface area contributed by atoms with Crippen molar-refractivity contribution in [2.24, 2.45) is 0 Å². The summed E-state index contributed by atoms with van der Waals surface area (Å²) in [5, 5.41) is 0. The van der Waals surface area contributed by atoms with Crippen LogP contribution in [0, 0.1) is 0 Å². The second-order valence-corrected chi connectivity index (χ2v) is 6.42. The third-order valence-corrected chi connectivity index (χ3v) is 4.28. The van der Waals surface area contributed by atoms with Gasteiger partial charge in [-0.3, -0.25) is 4.79 Å². The Morgan fingerprint density at radius 2 is 1.62 bits per heavy atom. The highest BCUT2D eigenvalue weighted by Crippen LogP contribution is 2.33. The molecule has 0 heterocycles. The number of rotatable bonds is 6. The zero-order valence-electron chi connectivity index (χ0n) is 15.0.